The zero-order valence-electron chi connectivity index (χ0n) is 10.4. The fourth-order valence-corrected chi connectivity index (χ4v) is 2.68. The average molecular weight is 289 g/mol. The number of rotatable bonds is 1. The molecule has 0 bridgehead atoms. The molecule has 7 heteroatoms. The van der Waals surface area contributed by atoms with Crippen LogP contribution in [0.3, 0.4) is 0 Å². The van der Waals surface area contributed by atoms with Gasteiger partial charge in [0.25, 0.3) is 0 Å². The van der Waals surface area contributed by atoms with E-state index in [1.54, 1.807) is 29.8 Å². The van der Waals surface area contributed by atoms with Gasteiger partial charge in [-0.15, -0.1) is 0 Å². The van der Waals surface area contributed by atoms with E-state index in [2.05, 4.69) is 4.98 Å². The molecule has 1 aromatic carbocycles. The Kier molecular flexibility index (Phi) is 2.63. The monoisotopic (exact) mass is 289 g/mol. The van der Waals surface area contributed by atoms with Gasteiger partial charge in [0, 0.05) is 13.1 Å². The summed E-state index contributed by atoms with van der Waals surface area (Å²) in [4.78, 5) is 15.7. The van der Waals surface area contributed by atoms with E-state index in [-0.39, 0.29) is 5.69 Å². The second-order valence-corrected chi connectivity index (χ2v) is 5.78. The van der Waals surface area contributed by atoms with Crippen molar-refractivity contribution in [3.8, 4) is 11.4 Å². The van der Waals surface area contributed by atoms with Gasteiger partial charge in [-0.1, -0.05) is 12.1 Å². The van der Waals surface area contributed by atoms with Crippen LogP contribution >= 0.6 is 0 Å². The van der Waals surface area contributed by atoms with Crippen LogP contribution in [-0.2, 0) is 17.2 Å². The summed E-state index contributed by atoms with van der Waals surface area (Å²) in [5.41, 5.74) is 1.22. The predicted octanol–water partition coefficient (Wildman–Crippen LogP) is 0.942. The van der Waals surface area contributed by atoms with E-state index in [9.17, 15) is 17.8 Å². The van der Waals surface area contributed by atoms with Gasteiger partial charge in [0.1, 0.15) is 15.8 Å². The highest BCUT2D eigenvalue weighted by Gasteiger charge is 2.16. The van der Waals surface area contributed by atoms with Gasteiger partial charge in [0.2, 0.25) is 5.43 Å². The van der Waals surface area contributed by atoms with Crippen molar-refractivity contribution in [1.82, 2.24) is 9.55 Å². The average Bonchev–Trinajstić information content (AvgIpc) is 2.39. The van der Waals surface area contributed by atoms with Crippen molar-refractivity contribution in [2.45, 2.75) is 4.90 Å². The minimum atomic E-state index is -4.68. The van der Waals surface area contributed by atoms with Gasteiger partial charge in [0.05, 0.1) is 21.6 Å². The maximum absolute atomic E-state index is 12.0. The molecule has 3 rings (SSSR count). The van der Waals surface area contributed by atoms with Gasteiger partial charge in [0.15, 0.2) is 0 Å². The molecule has 0 amide bonds. The molecular weight excluding hydrogens is 280 g/mol. The number of aryl methyl sites for hydroxylation is 1. The third-order valence-electron chi connectivity index (χ3n) is 3.15. The topological polar surface area (TPSA) is 92.1 Å². The van der Waals surface area contributed by atoms with Crippen LogP contribution in [0.1, 0.15) is 0 Å². The third kappa shape index (κ3) is 1.87. The molecule has 0 unspecified atom stereocenters. The molecule has 0 radical (unpaired) electrons. The van der Waals surface area contributed by atoms with E-state index in [1.165, 1.54) is 6.07 Å². The van der Waals surface area contributed by atoms with Gasteiger partial charge in [-0.3, -0.25) is 4.79 Å². The van der Waals surface area contributed by atoms with E-state index in [0.29, 0.717) is 11.2 Å². The fourth-order valence-electron chi connectivity index (χ4n) is 2.17. The minimum Gasteiger partial charge on any atom is -0.744 e. The lowest BCUT2D eigenvalue weighted by Gasteiger charge is -2.16. The van der Waals surface area contributed by atoms with Gasteiger partial charge >= 0.3 is 0 Å². The summed E-state index contributed by atoms with van der Waals surface area (Å²) in [7, 11) is -2.99. The smallest absolute Gasteiger partial charge is 0.207 e. The molecule has 0 saturated carbocycles. The van der Waals surface area contributed by atoms with Crippen LogP contribution in [0.4, 0.5) is 0 Å². The number of nitrogens with zero attached hydrogens (tertiary/aromatic N) is 2. The molecule has 1 aromatic rings. The Labute approximate surface area is 114 Å². The Hall–Kier alpha value is -2.25. The maximum Gasteiger partial charge on any atom is 0.207 e. The standard InChI is InChI=1S/C13H10N2O4S/c1-15-10-5-3-2-4-9(10)14-13-11(15)6-8(7-12(13)16)20(17,18)19/h2-7H,1H3,(H,17,18,19)/p-1. The molecule has 0 aromatic heterocycles. The summed E-state index contributed by atoms with van der Waals surface area (Å²) >= 11 is 0. The fraction of sp³-hybridized carbons (Fsp3) is 0.0769. The van der Waals surface area contributed by atoms with E-state index in [1.807, 2.05) is 6.07 Å². The van der Waals surface area contributed by atoms with Crippen LogP contribution in [0.15, 0.2) is 46.1 Å². The van der Waals surface area contributed by atoms with E-state index >= 15 is 0 Å². The van der Waals surface area contributed by atoms with Gasteiger partial charge in [-0.2, -0.15) is 0 Å². The Bertz CT molecular complexity index is 960. The van der Waals surface area contributed by atoms with Crippen LogP contribution in [0, 0.1) is 0 Å². The molecule has 2 aliphatic rings. The quantitative estimate of drug-likeness (QED) is 0.491. The highest BCUT2D eigenvalue weighted by atomic mass is 32.2. The molecule has 0 N–H and O–H groups in total. The van der Waals surface area contributed by atoms with Crippen LogP contribution in [-0.4, -0.2) is 22.5 Å². The summed E-state index contributed by atoms with van der Waals surface area (Å²) < 4.78 is 34.9. The lowest BCUT2D eigenvalue weighted by atomic mass is 10.1. The molecule has 6 nitrogen and oxygen atoms in total. The highest BCUT2D eigenvalue weighted by Crippen LogP contribution is 2.23. The lowest BCUT2D eigenvalue weighted by Crippen LogP contribution is -2.16. The molecule has 20 heavy (non-hydrogen) atoms. The van der Waals surface area contributed by atoms with Gasteiger partial charge < -0.3 is 9.12 Å². The second kappa shape index (κ2) is 4.12. The van der Waals surface area contributed by atoms with Crippen molar-refractivity contribution < 1.29 is 13.0 Å². The van der Waals surface area contributed by atoms with Gasteiger partial charge in [-0.05, 0) is 18.2 Å². The first kappa shape index (κ1) is 12.8. The number of benzene rings is 2. The molecule has 0 fully saturated rings. The summed E-state index contributed by atoms with van der Waals surface area (Å²) in [5, 5.41) is 0. The van der Waals surface area contributed by atoms with Crippen molar-refractivity contribution in [1.29, 1.82) is 0 Å². The van der Waals surface area contributed by atoms with Crippen LogP contribution in [0.25, 0.3) is 22.4 Å². The molecule has 1 heterocycles. The molecule has 1 aliphatic heterocycles. The van der Waals surface area contributed by atoms with Crippen molar-refractivity contribution in [3.63, 3.8) is 0 Å². The van der Waals surface area contributed by atoms with Crippen molar-refractivity contribution in [2.24, 2.45) is 7.05 Å². The van der Waals surface area contributed by atoms with Crippen LogP contribution in [0.2, 0.25) is 0 Å². The molecule has 0 saturated heterocycles. The number of aromatic nitrogens is 2. The summed E-state index contributed by atoms with van der Waals surface area (Å²) in [6.45, 7) is 0. The highest BCUT2D eigenvalue weighted by molar-refractivity contribution is 7.85. The molecule has 0 atom stereocenters. The zero-order valence-corrected chi connectivity index (χ0v) is 11.2. The normalized spacial score (nSPS) is 12.1. The first-order valence-electron chi connectivity index (χ1n) is 5.73. The van der Waals surface area contributed by atoms with Crippen LogP contribution < -0.4 is 5.43 Å². The van der Waals surface area contributed by atoms with Crippen molar-refractivity contribution in [3.05, 3.63) is 46.6 Å². The first-order valence-corrected chi connectivity index (χ1v) is 7.14. The SMILES string of the molecule is Cn1c2cc(S(=O)(=O)[O-])cc(=O)c-2nc2ccccc21. The number of hydrogen-bond acceptors (Lipinski definition) is 5. The maximum atomic E-state index is 12.0. The van der Waals surface area contributed by atoms with Crippen LogP contribution in [0.5, 0.6) is 0 Å². The summed E-state index contributed by atoms with van der Waals surface area (Å²) in [6.07, 6.45) is 0. The molecular formula is C13H9N2O4S-. The summed E-state index contributed by atoms with van der Waals surface area (Å²) in [5.74, 6) is 0. The minimum absolute atomic E-state index is 0.138. The lowest BCUT2D eigenvalue weighted by molar-refractivity contribution is 0.463. The second-order valence-electron chi connectivity index (χ2n) is 4.40. The van der Waals surface area contributed by atoms with Gasteiger partial charge in [-0.25, -0.2) is 13.4 Å². The molecule has 0 spiro atoms. The largest absolute Gasteiger partial charge is 0.744 e. The van der Waals surface area contributed by atoms with Crippen molar-refractivity contribution in [2.75, 3.05) is 0 Å². The Morgan fingerprint density at radius 2 is 1.90 bits per heavy atom. The third-order valence-corrected chi connectivity index (χ3v) is 3.97. The van der Waals surface area contributed by atoms with E-state index in [4.69, 9.17) is 0 Å². The Morgan fingerprint density at radius 1 is 1.20 bits per heavy atom. The molecule has 1 aliphatic carbocycles. The zero-order chi connectivity index (χ0) is 14.5. The predicted molar refractivity (Wildman–Crippen MR) is 71.6 cm³/mol. The van der Waals surface area contributed by atoms with E-state index < -0.39 is 20.4 Å². The van der Waals surface area contributed by atoms with E-state index in [0.717, 1.165) is 11.6 Å². The van der Waals surface area contributed by atoms with Crippen molar-refractivity contribution >= 4 is 21.2 Å². The number of fused-ring (bicyclic) bond motifs is 2. The number of para-hydroxylation sites is 2. The number of hydrogen-bond donors (Lipinski definition) is 0. The molecule has 102 valence electrons. The Balaban J connectivity index is 2.54. The Morgan fingerprint density at radius 3 is 2.60 bits per heavy atom. The first-order chi connectivity index (χ1) is 9.38. The summed E-state index contributed by atoms with van der Waals surface area (Å²) in [6, 6.07) is 9.15.